The first-order valence-electron chi connectivity index (χ1n) is 10.2. The fourth-order valence-electron chi connectivity index (χ4n) is 3.26. The van der Waals surface area contributed by atoms with Crippen molar-refractivity contribution in [2.45, 2.75) is 26.3 Å². The van der Waals surface area contributed by atoms with Gasteiger partial charge >= 0.3 is 0 Å². The van der Waals surface area contributed by atoms with Crippen molar-refractivity contribution in [2.24, 2.45) is 4.99 Å². The summed E-state index contributed by atoms with van der Waals surface area (Å²) >= 11 is 1.87. The second kappa shape index (κ2) is 11.6. The molecule has 1 aliphatic rings. The third kappa shape index (κ3) is 6.31. The topological polar surface area (TPSA) is 87.4 Å². The number of thioether (sulfide) groups is 1. The molecule has 0 amide bonds. The molecule has 1 aliphatic heterocycles. The summed E-state index contributed by atoms with van der Waals surface area (Å²) in [5.41, 5.74) is 0. The van der Waals surface area contributed by atoms with Gasteiger partial charge in [-0.2, -0.15) is 11.8 Å². The maximum atomic E-state index is 4.87. The number of rotatable bonds is 9. The van der Waals surface area contributed by atoms with Crippen molar-refractivity contribution >= 4 is 23.7 Å². The minimum absolute atomic E-state index is 0.800. The van der Waals surface area contributed by atoms with Crippen LogP contribution in [-0.4, -0.2) is 86.9 Å². The number of anilines is 1. The number of aryl methyl sites for hydroxylation is 1. The Labute approximate surface area is 177 Å². The Bertz CT molecular complexity index is 741. The average molecular weight is 418 g/mol. The smallest absolute Gasteiger partial charge is 0.225 e. The van der Waals surface area contributed by atoms with Crippen LogP contribution >= 0.6 is 11.8 Å². The predicted molar refractivity (Wildman–Crippen MR) is 119 cm³/mol. The third-order valence-electron chi connectivity index (χ3n) is 4.83. The van der Waals surface area contributed by atoms with Gasteiger partial charge in [0.15, 0.2) is 5.96 Å². The highest BCUT2D eigenvalue weighted by atomic mass is 32.2. The van der Waals surface area contributed by atoms with Crippen molar-refractivity contribution in [1.82, 2.24) is 34.9 Å². The molecular weight excluding hydrogens is 386 g/mol. The largest absolute Gasteiger partial charge is 0.354 e. The van der Waals surface area contributed by atoms with Crippen LogP contribution in [0.4, 0.5) is 5.95 Å². The quantitative estimate of drug-likeness (QED) is 0.369. The normalized spacial score (nSPS) is 15.0. The highest BCUT2D eigenvalue weighted by molar-refractivity contribution is 7.98. The lowest BCUT2D eigenvalue weighted by Gasteiger charge is -2.36. The van der Waals surface area contributed by atoms with E-state index in [9.17, 15) is 0 Å². The maximum absolute atomic E-state index is 4.87. The van der Waals surface area contributed by atoms with Crippen LogP contribution in [0.2, 0.25) is 0 Å². The van der Waals surface area contributed by atoms with Crippen LogP contribution in [0.5, 0.6) is 0 Å². The monoisotopic (exact) mass is 417 g/mol. The summed E-state index contributed by atoms with van der Waals surface area (Å²) in [5, 5.41) is 11.7. The van der Waals surface area contributed by atoms with E-state index in [1.54, 1.807) is 18.7 Å². The molecule has 1 saturated heterocycles. The molecule has 0 unspecified atom stereocenters. The summed E-state index contributed by atoms with van der Waals surface area (Å²) in [6.45, 7) is 8.16. The van der Waals surface area contributed by atoms with E-state index in [2.05, 4.69) is 53.0 Å². The Hall–Kier alpha value is -2.36. The van der Waals surface area contributed by atoms with Crippen molar-refractivity contribution in [2.75, 3.05) is 56.2 Å². The molecule has 0 aromatic carbocycles. The van der Waals surface area contributed by atoms with Crippen LogP contribution in [-0.2, 0) is 13.0 Å². The van der Waals surface area contributed by atoms with Gasteiger partial charge in [0.1, 0.15) is 12.2 Å². The lowest BCUT2D eigenvalue weighted by Crippen LogP contribution is -2.53. The van der Waals surface area contributed by atoms with Crippen LogP contribution < -0.4 is 10.2 Å². The number of guanidine groups is 1. The number of nitrogens with zero attached hydrogens (tertiary/aromatic N) is 8. The highest BCUT2D eigenvalue weighted by Crippen LogP contribution is 2.10. The number of hydrogen-bond donors (Lipinski definition) is 1. The fraction of sp³-hybridized carbons (Fsp3) is 0.632. The zero-order valence-electron chi connectivity index (χ0n) is 17.4. The lowest BCUT2D eigenvalue weighted by molar-refractivity contribution is 0.368. The van der Waals surface area contributed by atoms with Crippen molar-refractivity contribution in [3.63, 3.8) is 0 Å². The molecule has 1 N–H and O–H groups in total. The molecule has 9 nitrogen and oxygen atoms in total. The van der Waals surface area contributed by atoms with E-state index in [1.165, 1.54) is 0 Å². The minimum Gasteiger partial charge on any atom is -0.354 e. The van der Waals surface area contributed by atoms with E-state index in [-0.39, 0.29) is 0 Å². The molecule has 0 saturated carbocycles. The van der Waals surface area contributed by atoms with E-state index < -0.39 is 0 Å². The molecular formula is C19H31N9S. The first-order valence-corrected chi connectivity index (χ1v) is 11.6. The first-order chi connectivity index (χ1) is 14.3. The van der Waals surface area contributed by atoms with Gasteiger partial charge in [-0.15, -0.1) is 10.2 Å². The molecule has 1 fully saturated rings. The standard InChI is InChI=1S/C19H31N9S/c1-3-17-25-24-16-28(17)10-9-23-19(22-8-5-15-29-2)27-13-11-26(12-14-27)18-20-6-4-7-21-18/h4,6-7,16H,3,5,8-15H2,1-2H3,(H,22,23). The molecule has 0 radical (unpaired) electrons. The van der Waals surface area contributed by atoms with Crippen LogP contribution in [0.3, 0.4) is 0 Å². The summed E-state index contributed by atoms with van der Waals surface area (Å²) in [6.07, 6.45) is 9.51. The van der Waals surface area contributed by atoms with Gasteiger partial charge in [0, 0.05) is 64.6 Å². The van der Waals surface area contributed by atoms with Gasteiger partial charge in [0.2, 0.25) is 5.95 Å². The van der Waals surface area contributed by atoms with Crippen molar-refractivity contribution < 1.29 is 0 Å². The Morgan fingerprint density at radius 2 is 2.00 bits per heavy atom. The van der Waals surface area contributed by atoms with Crippen molar-refractivity contribution in [3.05, 3.63) is 30.6 Å². The van der Waals surface area contributed by atoms with E-state index >= 15 is 0 Å². The predicted octanol–water partition coefficient (Wildman–Crippen LogP) is 1.15. The Balaban J connectivity index is 1.55. The summed E-state index contributed by atoms with van der Waals surface area (Å²) in [4.78, 5) is 18.2. The molecule has 0 spiro atoms. The van der Waals surface area contributed by atoms with E-state index in [4.69, 9.17) is 4.99 Å². The molecule has 29 heavy (non-hydrogen) atoms. The molecule has 2 aromatic rings. The second-order valence-electron chi connectivity index (χ2n) is 6.80. The number of aromatic nitrogens is 5. The second-order valence-corrected chi connectivity index (χ2v) is 7.78. The van der Waals surface area contributed by atoms with E-state index in [0.717, 1.165) is 82.1 Å². The van der Waals surface area contributed by atoms with Gasteiger partial charge in [-0.1, -0.05) is 6.92 Å². The van der Waals surface area contributed by atoms with Crippen LogP contribution in [0, 0.1) is 0 Å². The van der Waals surface area contributed by atoms with Gasteiger partial charge in [-0.25, -0.2) is 9.97 Å². The third-order valence-corrected chi connectivity index (χ3v) is 5.53. The molecule has 158 valence electrons. The van der Waals surface area contributed by atoms with Crippen LogP contribution in [0.25, 0.3) is 0 Å². The van der Waals surface area contributed by atoms with Gasteiger partial charge in [0.05, 0.1) is 0 Å². The van der Waals surface area contributed by atoms with Gasteiger partial charge in [-0.05, 0) is 24.5 Å². The van der Waals surface area contributed by atoms with Crippen molar-refractivity contribution in [1.29, 1.82) is 0 Å². The summed E-state index contributed by atoms with van der Waals surface area (Å²) in [5.74, 6) is 3.95. The lowest BCUT2D eigenvalue weighted by atomic mass is 10.3. The summed E-state index contributed by atoms with van der Waals surface area (Å²) < 4.78 is 2.10. The summed E-state index contributed by atoms with van der Waals surface area (Å²) in [7, 11) is 0. The summed E-state index contributed by atoms with van der Waals surface area (Å²) in [6, 6.07) is 1.85. The Morgan fingerprint density at radius 3 is 2.72 bits per heavy atom. The molecule has 0 bridgehead atoms. The van der Waals surface area contributed by atoms with Crippen molar-refractivity contribution in [3.8, 4) is 0 Å². The number of piperazine rings is 1. The number of aliphatic imine (C=N–C) groups is 1. The number of hydrogen-bond acceptors (Lipinski definition) is 7. The molecule has 3 rings (SSSR count). The first kappa shape index (κ1) is 21.4. The average Bonchev–Trinajstić information content (AvgIpc) is 3.24. The van der Waals surface area contributed by atoms with Gasteiger partial charge in [-0.3, -0.25) is 4.99 Å². The van der Waals surface area contributed by atoms with E-state index in [0.29, 0.717) is 0 Å². The molecule has 2 aromatic heterocycles. The highest BCUT2D eigenvalue weighted by Gasteiger charge is 2.21. The Kier molecular flexibility index (Phi) is 8.54. The molecule has 3 heterocycles. The molecule has 10 heteroatoms. The zero-order chi connectivity index (χ0) is 20.3. The van der Waals surface area contributed by atoms with Crippen LogP contribution in [0.1, 0.15) is 19.2 Å². The van der Waals surface area contributed by atoms with E-state index in [1.807, 2.05) is 17.8 Å². The Morgan fingerprint density at radius 1 is 1.21 bits per heavy atom. The zero-order valence-corrected chi connectivity index (χ0v) is 18.2. The number of nitrogens with one attached hydrogen (secondary N) is 1. The van der Waals surface area contributed by atoms with Gasteiger partial charge in [0.25, 0.3) is 0 Å². The van der Waals surface area contributed by atoms with Crippen LogP contribution in [0.15, 0.2) is 29.8 Å². The van der Waals surface area contributed by atoms with Gasteiger partial charge < -0.3 is 19.7 Å². The molecule has 0 aliphatic carbocycles. The SMILES string of the molecule is CCc1nncn1CCNC(=NCCCSC)N1CCN(c2ncccn2)CC1. The molecule has 0 atom stereocenters. The minimum atomic E-state index is 0.800. The maximum Gasteiger partial charge on any atom is 0.225 e. The fourth-order valence-corrected chi connectivity index (χ4v) is 3.68.